The SMILES string of the molecule is N=c1cc(-c2ccco2)nc2n1CCN2. The van der Waals surface area contributed by atoms with E-state index in [2.05, 4.69) is 10.3 Å². The van der Waals surface area contributed by atoms with Gasteiger partial charge in [0.2, 0.25) is 5.95 Å². The van der Waals surface area contributed by atoms with Crippen LogP contribution in [0.4, 0.5) is 5.95 Å². The lowest BCUT2D eigenvalue weighted by Crippen LogP contribution is -2.18. The minimum absolute atomic E-state index is 0.455. The molecule has 0 aromatic carbocycles. The van der Waals surface area contributed by atoms with E-state index < -0.39 is 0 Å². The normalized spacial score (nSPS) is 13.6. The van der Waals surface area contributed by atoms with Gasteiger partial charge >= 0.3 is 0 Å². The van der Waals surface area contributed by atoms with Gasteiger partial charge in [0.05, 0.1) is 6.26 Å². The molecule has 5 nitrogen and oxygen atoms in total. The summed E-state index contributed by atoms with van der Waals surface area (Å²) in [5.41, 5.74) is 1.15. The second-order valence-electron chi connectivity index (χ2n) is 3.41. The summed E-state index contributed by atoms with van der Waals surface area (Å²) < 4.78 is 7.09. The first-order chi connectivity index (χ1) is 7.34. The van der Waals surface area contributed by atoms with Crippen LogP contribution in [0.15, 0.2) is 28.9 Å². The molecule has 2 aromatic heterocycles. The van der Waals surface area contributed by atoms with Gasteiger partial charge in [-0.2, -0.15) is 0 Å². The fourth-order valence-electron chi connectivity index (χ4n) is 1.72. The van der Waals surface area contributed by atoms with Crippen molar-refractivity contribution in [3.05, 3.63) is 29.9 Å². The maximum atomic E-state index is 7.84. The molecular weight excluding hydrogens is 192 g/mol. The largest absolute Gasteiger partial charge is 0.463 e. The lowest BCUT2D eigenvalue weighted by atomic mass is 10.3. The van der Waals surface area contributed by atoms with Crippen LogP contribution in [0.5, 0.6) is 0 Å². The first-order valence-corrected chi connectivity index (χ1v) is 4.79. The van der Waals surface area contributed by atoms with Gasteiger partial charge in [-0.15, -0.1) is 0 Å². The molecule has 76 valence electrons. The van der Waals surface area contributed by atoms with Crippen molar-refractivity contribution in [3.63, 3.8) is 0 Å². The zero-order valence-electron chi connectivity index (χ0n) is 8.03. The third kappa shape index (κ3) is 1.24. The lowest BCUT2D eigenvalue weighted by Gasteiger charge is -2.03. The zero-order valence-corrected chi connectivity index (χ0v) is 8.03. The Labute approximate surface area is 85.9 Å². The maximum absolute atomic E-state index is 7.84. The fourth-order valence-corrected chi connectivity index (χ4v) is 1.72. The Balaban J connectivity index is 2.20. The topological polar surface area (TPSA) is 66.8 Å². The Kier molecular flexibility index (Phi) is 1.65. The maximum Gasteiger partial charge on any atom is 0.205 e. The van der Waals surface area contributed by atoms with Crippen LogP contribution in [-0.4, -0.2) is 16.1 Å². The Morgan fingerprint density at radius 2 is 2.47 bits per heavy atom. The molecule has 5 heteroatoms. The van der Waals surface area contributed by atoms with Crippen molar-refractivity contribution in [1.82, 2.24) is 9.55 Å². The number of furan rings is 1. The summed E-state index contributed by atoms with van der Waals surface area (Å²) in [6.07, 6.45) is 1.61. The average Bonchev–Trinajstić information content (AvgIpc) is 2.88. The average molecular weight is 202 g/mol. The summed E-state index contributed by atoms with van der Waals surface area (Å²) in [7, 11) is 0. The highest BCUT2D eigenvalue weighted by Crippen LogP contribution is 2.18. The second kappa shape index (κ2) is 2.98. The molecule has 2 aromatic rings. The van der Waals surface area contributed by atoms with E-state index >= 15 is 0 Å². The smallest absolute Gasteiger partial charge is 0.205 e. The number of hydrogen-bond acceptors (Lipinski definition) is 4. The lowest BCUT2D eigenvalue weighted by molar-refractivity contribution is 0.579. The van der Waals surface area contributed by atoms with Crippen LogP contribution < -0.4 is 10.8 Å². The first-order valence-electron chi connectivity index (χ1n) is 4.79. The molecule has 15 heavy (non-hydrogen) atoms. The molecule has 0 unspecified atom stereocenters. The molecule has 3 heterocycles. The van der Waals surface area contributed by atoms with Crippen molar-refractivity contribution in [3.8, 4) is 11.5 Å². The van der Waals surface area contributed by atoms with Gasteiger partial charge in [-0.05, 0) is 12.1 Å². The minimum Gasteiger partial charge on any atom is -0.463 e. The van der Waals surface area contributed by atoms with Gasteiger partial charge in [-0.1, -0.05) is 0 Å². The molecule has 1 aliphatic heterocycles. The van der Waals surface area contributed by atoms with Crippen LogP contribution >= 0.6 is 0 Å². The molecule has 0 aliphatic carbocycles. The van der Waals surface area contributed by atoms with Crippen LogP contribution in [0.25, 0.3) is 11.5 Å². The third-order valence-electron chi connectivity index (χ3n) is 2.44. The number of nitrogens with zero attached hydrogens (tertiary/aromatic N) is 2. The van der Waals surface area contributed by atoms with Crippen LogP contribution in [0, 0.1) is 5.41 Å². The molecule has 0 saturated heterocycles. The number of nitrogens with one attached hydrogen (secondary N) is 2. The molecule has 0 radical (unpaired) electrons. The van der Waals surface area contributed by atoms with Gasteiger partial charge in [0.25, 0.3) is 0 Å². The summed E-state index contributed by atoms with van der Waals surface area (Å²) in [6.45, 7) is 1.64. The quantitative estimate of drug-likeness (QED) is 0.726. The predicted octanol–water partition coefficient (Wildman–Crippen LogP) is 1.05. The monoisotopic (exact) mass is 202 g/mol. The molecular formula is C10H10N4O. The van der Waals surface area contributed by atoms with Crippen molar-refractivity contribution >= 4 is 5.95 Å². The number of fused-ring (bicyclic) bond motifs is 1. The molecule has 2 N–H and O–H groups in total. The summed E-state index contributed by atoms with van der Waals surface area (Å²) in [6, 6.07) is 5.37. The Morgan fingerprint density at radius 1 is 1.53 bits per heavy atom. The van der Waals surface area contributed by atoms with Crippen molar-refractivity contribution in [2.75, 3.05) is 11.9 Å². The number of hydrogen-bond donors (Lipinski definition) is 2. The van der Waals surface area contributed by atoms with Crippen LogP contribution in [-0.2, 0) is 6.54 Å². The Morgan fingerprint density at radius 3 is 3.27 bits per heavy atom. The van der Waals surface area contributed by atoms with E-state index in [1.54, 1.807) is 12.3 Å². The molecule has 1 aliphatic rings. The van der Waals surface area contributed by atoms with Gasteiger partial charge in [0.15, 0.2) is 5.76 Å². The van der Waals surface area contributed by atoms with Gasteiger partial charge in [0, 0.05) is 19.2 Å². The Hall–Kier alpha value is -2.04. The summed E-state index contributed by atoms with van der Waals surface area (Å²) in [5, 5.41) is 11.0. The molecule has 0 bridgehead atoms. The van der Waals surface area contributed by atoms with E-state index in [1.165, 1.54) is 0 Å². The third-order valence-corrected chi connectivity index (χ3v) is 2.44. The molecule has 0 atom stereocenters. The Bertz CT molecular complexity index is 541. The highest BCUT2D eigenvalue weighted by Gasteiger charge is 2.13. The van der Waals surface area contributed by atoms with E-state index in [0.29, 0.717) is 16.9 Å². The van der Waals surface area contributed by atoms with E-state index in [-0.39, 0.29) is 0 Å². The van der Waals surface area contributed by atoms with Gasteiger partial charge in [-0.25, -0.2) is 4.98 Å². The fraction of sp³-hybridized carbons (Fsp3) is 0.200. The van der Waals surface area contributed by atoms with Crippen molar-refractivity contribution in [2.24, 2.45) is 0 Å². The van der Waals surface area contributed by atoms with Gasteiger partial charge in [0.1, 0.15) is 11.2 Å². The van der Waals surface area contributed by atoms with Crippen LogP contribution in [0.2, 0.25) is 0 Å². The van der Waals surface area contributed by atoms with E-state index in [1.807, 2.05) is 16.7 Å². The molecule has 0 saturated carbocycles. The molecule has 3 rings (SSSR count). The predicted molar refractivity (Wildman–Crippen MR) is 54.3 cm³/mol. The van der Waals surface area contributed by atoms with Gasteiger partial charge < -0.3 is 9.73 Å². The second-order valence-corrected chi connectivity index (χ2v) is 3.41. The molecule has 0 amide bonds. The van der Waals surface area contributed by atoms with E-state index in [0.717, 1.165) is 19.0 Å². The van der Waals surface area contributed by atoms with Gasteiger partial charge in [-0.3, -0.25) is 9.98 Å². The van der Waals surface area contributed by atoms with Crippen LogP contribution in [0.1, 0.15) is 0 Å². The molecule has 0 fully saturated rings. The van der Waals surface area contributed by atoms with Crippen molar-refractivity contribution < 1.29 is 4.42 Å². The summed E-state index contributed by atoms with van der Waals surface area (Å²) in [4.78, 5) is 4.39. The number of anilines is 1. The van der Waals surface area contributed by atoms with Crippen LogP contribution in [0.3, 0.4) is 0 Å². The van der Waals surface area contributed by atoms with Crippen molar-refractivity contribution in [1.29, 1.82) is 5.41 Å². The minimum atomic E-state index is 0.455. The highest BCUT2D eigenvalue weighted by atomic mass is 16.3. The van der Waals surface area contributed by atoms with E-state index in [4.69, 9.17) is 9.83 Å². The number of rotatable bonds is 1. The van der Waals surface area contributed by atoms with E-state index in [9.17, 15) is 0 Å². The standard InChI is InChI=1S/C10H10N4O/c11-9-6-7(8-2-1-5-15-8)13-10-12-3-4-14(9)10/h1-2,5-6,11H,3-4H2,(H,12,13). The van der Waals surface area contributed by atoms with Crippen molar-refractivity contribution in [2.45, 2.75) is 6.54 Å². The highest BCUT2D eigenvalue weighted by molar-refractivity contribution is 5.53. The number of aromatic nitrogens is 2. The first kappa shape index (κ1) is 8.28. The zero-order chi connectivity index (χ0) is 10.3. The summed E-state index contributed by atoms with van der Waals surface area (Å²) >= 11 is 0. The summed E-state index contributed by atoms with van der Waals surface area (Å²) in [5.74, 6) is 1.44. The molecule has 0 spiro atoms.